The topological polar surface area (TPSA) is 36.2 Å². The number of nitrogens with zero attached hydrogens (tertiary/aromatic N) is 2. The predicted octanol–water partition coefficient (Wildman–Crippen LogP) is 5.39. The second-order valence-electron chi connectivity index (χ2n) is 7.75. The molecule has 0 N–H and O–H groups in total. The number of unbranched alkanes of at least 4 members (excludes halogenated alkanes) is 1. The summed E-state index contributed by atoms with van der Waals surface area (Å²) in [4.78, 5) is 13.0. The van der Waals surface area contributed by atoms with Crippen molar-refractivity contribution in [3.05, 3.63) is 69.6 Å². The maximum Gasteiger partial charge on any atom is 0.333 e. The Morgan fingerprint density at radius 1 is 0.964 bits per heavy atom. The third-order valence-corrected chi connectivity index (χ3v) is 5.30. The van der Waals surface area contributed by atoms with Crippen molar-refractivity contribution in [2.24, 2.45) is 0 Å². The molecule has 0 fully saturated rings. The fourth-order valence-corrected chi connectivity index (χ4v) is 3.51. The number of aromatic nitrogens is 2. The van der Waals surface area contributed by atoms with Crippen LogP contribution in [-0.4, -0.2) is 15.7 Å². The van der Waals surface area contributed by atoms with Gasteiger partial charge in [0.2, 0.25) is 0 Å². The zero-order valence-corrected chi connectivity index (χ0v) is 17.6. The first-order valence-electron chi connectivity index (χ1n) is 9.88. The number of ether oxygens (including phenoxy) is 1. The molecule has 4 heteroatoms. The molecule has 0 bridgehead atoms. The largest absolute Gasteiger partial charge is 0.493 e. The van der Waals surface area contributed by atoms with Crippen LogP contribution in [0.5, 0.6) is 5.75 Å². The molecule has 3 rings (SSSR count). The van der Waals surface area contributed by atoms with Gasteiger partial charge in [-0.2, -0.15) is 0 Å². The summed E-state index contributed by atoms with van der Waals surface area (Å²) in [6.45, 7) is 15.5. The minimum atomic E-state index is -0.0112. The van der Waals surface area contributed by atoms with Gasteiger partial charge in [-0.3, -0.25) is 9.13 Å². The first-order chi connectivity index (χ1) is 13.3. The average molecular weight is 379 g/mol. The Morgan fingerprint density at radius 2 is 1.64 bits per heavy atom. The van der Waals surface area contributed by atoms with Gasteiger partial charge < -0.3 is 4.74 Å². The number of allylic oxidation sites excluding steroid dienone is 1. The molecule has 148 valence electrons. The Hall–Kier alpha value is -2.75. The van der Waals surface area contributed by atoms with Crippen LogP contribution in [0.3, 0.4) is 0 Å². The van der Waals surface area contributed by atoms with Crippen molar-refractivity contribution in [2.75, 3.05) is 6.61 Å². The molecule has 1 aromatic heterocycles. The van der Waals surface area contributed by atoms with Gasteiger partial charge in [0.1, 0.15) is 5.75 Å². The van der Waals surface area contributed by atoms with Gasteiger partial charge in [0.15, 0.2) is 0 Å². The van der Waals surface area contributed by atoms with E-state index in [4.69, 9.17) is 4.74 Å². The third kappa shape index (κ3) is 3.91. The second kappa shape index (κ2) is 8.09. The number of benzene rings is 2. The summed E-state index contributed by atoms with van der Waals surface area (Å²) in [5, 5.41) is 0. The van der Waals surface area contributed by atoms with Crippen LogP contribution in [0.15, 0.2) is 41.7 Å². The number of rotatable bonds is 7. The lowest BCUT2D eigenvalue weighted by Crippen LogP contribution is -2.23. The molecule has 2 aromatic carbocycles. The van der Waals surface area contributed by atoms with Crippen molar-refractivity contribution in [3.8, 4) is 5.75 Å². The monoisotopic (exact) mass is 378 g/mol. The van der Waals surface area contributed by atoms with Gasteiger partial charge in [0.05, 0.1) is 17.6 Å². The second-order valence-corrected chi connectivity index (χ2v) is 7.75. The van der Waals surface area contributed by atoms with Crippen LogP contribution < -0.4 is 10.4 Å². The summed E-state index contributed by atoms with van der Waals surface area (Å²) >= 11 is 0. The SMILES string of the molecule is C=C(C)n1c(=O)n(CCCCOc2cc(C)ccc2C)c2cc(C)c(C)cc21. The van der Waals surface area contributed by atoms with Crippen LogP contribution in [-0.2, 0) is 6.54 Å². The molecule has 0 saturated carbocycles. The number of hydrogen-bond acceptors (Lipinski definition) is 2. The van der Waals surface area contributed by atoms with E-state index in [1.165, 1.54) is 16.7 Å². The van der Waals surface area contributed by atoms with Crippen molar-refractivity contribution in [3.63, 3.8) is 0 Å². The fourth-order valence-electron chi connectivity index (χ4n) is 3.51. The Kier molecular flexibility index (Phi) is 5.78. The van der Waals surface area contributed by atoms with Gasteiger partial charge >= 0.3 is 5.69 Å². The summed E-state index contributed by atoms with van der Waals surface area (Å²) in [6, 6.07) is 10.4. The number of hydrogen-bond donors (Lipinski definition) is 0. The quantitative estimate of drug-likeness (QED) is 0.517. The molecule has 0 aliphatic carbocycles. The first kappa shape index (κ1) is 20.0. The minimum absolute atomic E-state index is 0.0112. The van der Waals surface area contributed by atoms with Crippen LogP contribution >= 0.6 is 0 Å². The maximum absolute atomic E-state index is 13.0. The van der Waals surface area contributed by atoms with Crippen LogP contribution in [0.25, 0.3) is 16.7 Å². The van der Waals surface area contributed by atoms with E-state index in [0.29, 0.717) is 13.2 Å². The van der Waals surface area contributed by atoms with Crippen molar-refractivity contribution in [2.45, 2.75) is 54.0 Å². The summed E-state index contributed by atoms with van der Waals surface area (Å²) in [5.41, 5.74) is 7.37. The van der Waals surface area contributed by atoms with E-state index in [0.717, 1.165) is 40.9 Å². The lowest BCUT2D eigenvalue weighted by molar-refractivity contribution is 0.301. The van der Waals surface area contributed by atoms with E-state index in [1.54, 1.807) is 4.57 Å². The third-order valence-electron chi connectivity index (χ3n) is 5.30. The lowest BCUT2D eigenvalue weighted by atomic mass is 10.1. The van der Waals surface area contributed by atoms with E-state index >= 15 is 0 Å². The van der Waals surface area contributed by atoms with E-state index in [-0.39, 0.29) is 5.69 Å². The highest BCUT2D eigenvalue weighted by molar-refractivity contribution is 5.81. The predicted molar refractivity (Wildman–Crippen MR) is 117 cm³/mol. The molecule has 0 radical (unpaired) electrons. The molecule has 0 spiro atoms. The number of imidazole rings is 1. The van der Waals surface area contributed by atoms with Gasteiger partial charge in [-0.15, -0.1) is 0 Å². The Bertz CT molecular complexity index is 1090. The van der Waals surface area contributed by atoms with E-state index in [9.17, 15) is 4.79 Å². The summed E-state index contributed by atoms with van der Waals surface area (Å²) in [6.07, 6.45) is 1.78. The average Bonchev–Trinajstić information content (AvgIpc) is 2.89. The van der Waals surface area contributed by atoms with Gasteiger partial charge in [-0.1, -0.05) is 18.7 Å². The van der Waals surface area contributed by atoms with Crippen molar-refractivity contribution >= 4 is 16.7 Å². The molecular formula is C24H30N2O2. The van der Waals surface area contributed by atoms with Gasteiger partial charge in [-0.25, -0.2) is 4.79 Å². The van der Waals surface area contributed by atoms with Crippen molar-refractivity contribution in [1.29, 1.82) is 0 Å². The van der Waals surface area contributed by atoms with E-state index in [2.05, 4.69) is 64.6 Å². The van der Waals surface area contributed by atoms with Crippen LogP contribution in [0.2, 0.25) is 0 Å². The van der Waals surface area contributed by atoms with E-state index in [1.807, 2.05) is 11.5 Å². The van der Waals surface area contributed by atoms with Gasteiger partial charge in [-0.05, 0) is 87.9 Å². The lowest BCUT2D eigenvalue weighted by Gasteiger charge is -2.10. The number of aryl methyl sites for hydroxylation is 5. The Balaban J connectivity index is 1.73. The smallest absolute Gasteiger partial charge is 0.333 e. The molecule has 1 heterocycles. The van der Waals surface area contributed by atoms with E-state index < -0.39 is 0 Å². The molecule has 0 saturated heterocycles. The molecule has 0 aliphatic heterocycles. The highest BCUT2D eigenvalue weighted by Gasteiger charge is 2.14. The zero-order valence-electron chi connectivity index (χ0n) is 17.6. The molecule has 4 nitrogen and oxygen atoms in total. The summed E-state index contributed by atoms with van der Waals surface area (Å²) < 4.78 is 9.53. The molecule has 3 aromatic rings. The van der Waals surface area contributed by atoms with Crippen molar-refractivity contribution in [1.82, 2.24) is 9.13 Å². The summed E-state index contributed by atoms with van der Waals surface area (Å²) in [5.74, 6) is 0.946. The van der Waals surface area contributed by atoms with Crippen LogP contribution in [0.1, 0.15) is 42.0 Å². The minimum Gasteiger partial charge on any atom is -0.493 e. The molecule has 0 amide bonds. The fraction of sp³-hybridized carbons (Fsp3) is 0.375. The molecular weight excluding hydrogens is 348 g/mol. The highest BCUT2D eigenvalue weighted by Crippen LogP contribution is 2.22. The molecule has 0 unspecified atom stereocenters. The highest BCUT2D eigenvalue weighted by atomic mass is 16.5. The Morgan fingerprint density at radius 3 is 2.32 bits per heavy atom. The summed E-state index contributed by atoms with van der Waals surface area (Å²) in [7, 11) is 0. The maximum atomic E-state index is 13.0. The van der Waals surface area contributed by atoms with Crippen molar-refractivity contribution < 1.29 is 4.74 Å². The van der Waals surface area contributed by atoms with Crippen LogP contribution in [0, 0.1) is 27.7 Å². The zero-order chi connectivity index (χ0) is 20.4. The van der Waals surface area contributed by atoms with Gasteiger partial charge in [0, 0.05) is 12.2 Å². The molecule has 0 atom stereocenters. The number of fused-ring (bicyclic) bond motifs is 1. The van der Waals surface area contributed by atoms with Gasteiger partial charge in [0.25, 0.3) is 0 Å². The Labute approximate surface area is 167 Å². The standard InChI is InChI=1S/C24H30N2O2/c1-16(2)26-22-15-20(6)19(5)14-21(22)25(24(26)27)11-7-8-12-28-23-13-17(3)9-10-18(23)4/h9-10,13-15H,1,7-8,11-12H2,2-6H3. The van der Waals surface area contributed by atoms with Crippen LogP contribution in [0.4, 0.5) is 0 Å². The molecule has 0 aliphatic rings. The molecule has 28 heavy (non-hydrogen) atoms. The normalized spacial score (nSPS) is 11.2. The first-order valence-corrected chi connectivity index (χ1v) is 9.88.